The molecule has 0 fully saturated rings. The molecule has 0 aliphatic carbocycles. The van der Waals surface area contributed by atoms with Gasteiger partial charge in [0.1, 0.15) is 0 Å². The van der Waals surface area contributed by atoms with E-state index in [0.29, 0.717) is 6.54 Å². The molecule has 1 aromatic heterocycles. The average Bonchev–Trinajstić information content (AvgIpc) is 2.68. The molecule has 1 aromatic rings. The van der Waals surface area contributed by atoms with Crippen molar-refractivity contribution in [3.63, 3.8) is 0 Å². The molecule has 0 atom stereocenters. The van der Waals surface area contributed by atoms with Crippen molar-refractivity contribution >= 4 is 16.0 Å². The Balaban J connectivity index is 2.28. The number of carboxylic acids is 1. The fourth-order valence-electron chi connectivity index (χ4n) is 1.04. The molecule has 0 aromatic carbocycles. The SMILES string of the molecule is O=C(O)CCS(=O)(=O)NCCn1cccn1. The molecule has 1 heterocycles. The number of aromatic nitrogens is 2. The first-order valence-corrected chi connectivity index (χ1v) is 6.31. The molecule has 0 radical (unpaired) electrons. The Kier molecular flexibility index (Phi) is 4.44. The van der Waals surface area contributed by atoms with E-state index in [-0.39, 0.29) is 6.54 Å². The maximum Gasteiger partial charge on any atom is 0.304 e. The minimum Gasteiger partial charge on any atom is -0.481 e. The van der Waals surface area contributed by atoms with Crippen molar-refractivity contribution in [1.82, 2.24) is 14.5 Å². The number of nitrogens with one attached hydrogen (secondary N) is 1. The second-order valence-electron chi connectivity index (χ2n) is 3.13. The largest absolute Gasteiger partial charge is 0.481 e. The Bertz CT molecular complexity index is 426. The van der Waals surface area contributed by atoms with Gasteiger partial charge in [-0.05, 0) is 6.07 Å². The number of nitrogens with zero attached hydrogens (tertiary/aromatic N) is 2. The Morgan fingerprint density at radius 2 is 2.25 bits per heavy atom. The van der Waals surface area contributed by atoms with Crippen LogP contribution in [0.1, 0.15) is 6.42 Å². The summed E-state index contributed by atoms with van der Waals surface area (Å²) in [5.74, 6) is -1.53. The number of hydrogen-bond acceptors (Lipinski definition) is 4. The van der Waals surface area contributed by atoms with Crippen molar-refractivity contribution in [2.75, 3.05) is 12.3 Å². The molecular formula is C8H13N3O4S. The second kappa shape index (κ2) is 5.61. The topological polar surface area (TPSA) is 101 Å². The molecule has 90 valence electrons. The molecule has 0 saturated carbocycles. The molecule has 0 amide bonds. The van der Waals surface area contributed by atoms with Gasteiger partial charge in [0, 0.05) is 18.9 Å². The summed E-state index contributed by atoms with van der Waals surface area (Å²) >= 11 is 0. The minimum atomic E-state index is -3.50. The van der Waals surface area contributed by atoms with E-state index < -0.39 is 28.2 Å². The molecular weight excluding hydrogens is 234 g/mol. The molecule has 0 aliphatic heterocycles. The summed E-state index contributed by atoms with van der Waals surface area (Å²) in [4.78, 5) is 10.2. The number of rotatable bonds is 7. The molecule has 0 unspecified atom stereocenters. The third-order valence-electron chi connectivity index (χ3n) is 1.81. The first-order chi connectivity index (χ1) is 7.49. The van der Waals surface area contributed by atoms with Gasteiger partial charge in [-0.15, -0.1) is 0 Å². The highest BCUT2D eigenvalue weighted by atomic mass is 32.2. The smallest absolute Gasteiger partial charge is 0.304 e. The normalized spacial score (nSPS) is 11.5. The van der Waals surface area contributed by atoms with Gasteiger partial charge < -0.3 is 5.11 Å². The van der Waals surface area contributed by atoms with E-state index in [9.17, 15) is 13.2 Å². The molecule has 1 rings (SSSR count). The van der Waals surface area contributed by atoms with Crippen molar-refractivity contribution in [3.8, 4) is 0 Å². The van der Waals surface area contributed by atoms with E-state index in [1.54, 1.807) is 23.1 Å². The molecule has 2 N–H and O–H groups in total. The molecule has 16 heavy (non-hydrogen) atoms. The molecule has 0 bridgehead atoms. The minimum absolute atomic E-state index is 0.198. The fourth-order valence-corrected chi connectivity index (χ4v) is 2.03. The molecule has 0 saturated heterocycles. The number of sulfonamides is 1. The summed E-state index contributed by atoms with van der Waals surface area (Å²) in [6, 6.07) is 1.74. The zero-order chi connectivity index (χ0) is 12.0. The Morgan fingerprint density at radius 3 is 2.81 bits per heavy atom. The first kappa shape index (κ1) is 12.7. The predicted molar refractivity (Wildman–Crippen MR) is 56.3 cm³/mol. The zero-order valence-corrected chi connectivity index (χ0v) is 9.35. The highest BCUT2D eigenvalue weighted by Crippen LogP contribution is 1.90. The highest BCUT2D eigenvalue weighted by Gasteiger charge is 2.11. The molecule has 0 aliphatic rings. The van der Waals surface area contributed by atoms with Gasteiger partial charge in [-0.2, -0.15) is 5.10 Å². The van der Waals surface area contributed by atoms with Crippen LogP contribution in [-0.2, 0) is 21.4 Å². The van der Waals surface area contributed by atoms with Crippen LogP contribution in [0.15, 0.2) is 18.5 Å². The van der Waals surface area contributed by atoms with Crippen LogP contribution in [0, 0.1) is 0 Å². The van der Waals surface area contributed by atoms with Gasteiger partial charge in [0.2, 0.25) is 10.0 Å². The lowest BCUT2D eigenvalue weighted by Crippen LogP contribution is -2.30. The lowest BCUT2D eigenvalue weighted by atomic mass is 10.5. The van der Waals surface area contributed by atoms with Crippen LogP contribution in [0.2, 0.25) is 0 Å². The standard InChI is InChI=1S/C8H13N3O4S/c12-8(13)2-7-16(14,15)10-4-6-11-5-1-3-9-11/h1,3,5,10H,2,4,6-7H2,(H,12,13). The third kappa shape index (κ3) is 4.89. The van der Waals surface area contributed by atoms with E-state index in [2.05, 4.69) is 9.82 Å². The van der Waals surface area contributed by atoms with Crippen molar-refractivity contribution in [2.45, 2.75) is 13.0 Å². The van der Waals surface area contributed by atoms with Crippen LogP contribution < -0.4 is 4.72 Å². The number of hydrogen-bond donors (Lipinski definition) is 2. The van der Waals surface area contributed by atoms with Crippen molar-refractivity contribution in [2.24, 2.45) is 0 Å². The van der Waals surface area contributed by atoms with E-state index in [1.165, 1.54) is 0 Å². The lowest BCUT2D eigenvalue weighted by Gasteiger charge is -2.05. The maximum absolute atomic E-state index is 11.3. The summed E-state index contributed by atoms with van der Waals surface area (Å²) in [6.07, 6.45) is 2.92. The van der Waals surface area contributed by atoms with Crippen LogP contribution in [0.25, 0.3) is 0 Å². The van der Waals surface area contributed by atoms with E-state index >= 15 is 0 Å². The van der Waals surface area contributed by atoms with E-state index in [4.69, 9.17) is 5.11 Å². The summed E-state index contributed by atoms with van der Waals surface area (Å²) in [6.45, 7) is 0.614. The summed E-state index contributed by atoms with van der Waals surface area (Å²) < 4.78 is 26.4. The second-order valence-corrected chi connectivity index (χ2v) is 5.05. The number of carboxylic acid groups (broad SMARTS) is 1. The lowest BCUT2D eigenvalue weighted by molar-refractivity contribution is -0.136. The Morgan fingerprint density at radius 1 is 1.50 bits per heavy atom. The van der Waals surface area contributed by atoms with Crippen molar-refractivity contribution < 1.29 is 18.3 Å². The molecule has 8 heteroatoms. The zero-order valence-electron chi connectivity index (χ0n) is 8.54. The number of carbonyl (C=O) groups is 1. The summed E-state index contributed by atoms with van der Waals surface area (Å²) in [5, 5.41) is 12.2. The Labute approximate surface area is 93.1 Å². The first-order valence-electron chi connectivity index (χ1n) is 4.66. The monoisotopic (exact) mass is 247 g/mol. The molecule has 7 nitrogen and oxygen atoms in total. The van der Waals surface area contributed by atoms with Gasteiger partial charge in [0.05, 0.1) is 18.7 Å². The van der Waals surface area contributed by atoms with Crippen LogP contribution in [0.5, 0.6) is 0 Å². The summed E-state index contributed by atoms with van der Waals surface area (Å²) in [5.41, 5.74) is 0. The van der Waals surface area contributed by atoms with Crippen molar-refractivity contribution in [3.05, 3.63) is 18.5 Å². The van der Waals surface area contributed by atoms with Gasteiger partial charge in [-0.1, -0.05) is 0 Å². The van der Waals surface area contributed by atoms with Gasteiger partial charge in [0.15, 0.2) is 0 Å². The van der Waals surface area contributed by atoms with E-state index in [1.807, 2.05) is 0 Å². The highest BCUT2D eigenvalue weighted by molar-refractivity contribution is 7.89. The average molecular weight is 247 g/mol. The molecule has 0 spiro atoms. The van der Waals surface area contributed by atoms with Gasteiger partial charge in [0.25, 0.3) is 0 Å². The van der Waals surface area contributed by atoms with Gasteiger partial charge >= 0.3 is 5.97 Å². The van der Waals surface area contributed by atoms with Crippen molar-refractivity contribution in [1.29, 1.82) is 0 Å². The summed E-state index contributed by atoms with van der Waals surface area (Å²) in [7, 11) is -3.50. The predicted octanol–water partition coefficient (Wildman–Crippen LogP) is -0.723. The van der Waals surface area contributed by atoms with Crippen LogP contribution in [0.4, 0.5) is 0 Å². The Hall–Kier alpha value is -1.41. The van der Waals surface area contributed by atoms with Crippen LogP contribution in [0.3, 0.4) is 0 Å². The van der Waals surface area contributed by atoms with E-state index in [0.717, 1.165) is 0 Å². The van der Waals surface area contributed by atoms with Crippen LogP contribution >= 0.6 is 0 Å². The fraction of sp³-hybridized carbons (Fsp3) is 0.500. The van der Waals surface area contributed by atoms with Gasteiger partial charge in [-0.3, -0.25) is 9.48 Å². The number of aliphatic carboxylic acids is 1. The van der Waals surface area contributed by atoms with Gasteiger partial charge in [-0.25, -0.2) is 13.1 Å². The third-order valence-corrected chi connectivity index (χ3v) is 3.19. The maximum atomic E-state index is 11.3. The van der Waals surface area contributed by atoms with Crippen LogP contribution in [-0.4, -0.2) is 41.6 Å². The quantitative estimate of drug-likeness (QED) is 0.662.